The van der Waals surface area contributed by atoms with E-state index in [1.165, 1.54) is 12.1 Å². The van der Waals surface area contributed by atoms with E-state index in [1.807, 2.05) is 36.4 Å². The zero-order valence-electron chi connectivity index (χ0n) is 16.8. The van der Waals surface area contributed by atoms with Gasteiger partial charge in [-0.1, -0.05) is 29.8 Å². The summed E-state index contributed by atoms with van der Waals surface area (Å²) < 4.78 is 5.76. The fourth-order valence-corrected chi connectivity index (χ4v) is 4.01. The van der Waals surface area contributed by atoms with E-state index in [9.17, 15) is 15.2 Å². The van der Waals surface area contributed by atoms with Crippen molar-refractivity contribution in [2.75, 3.05) is 0 Å². The number of nitrogens with one attached hydrogen (secondary N) is 2. The lowest BCUT2D eigenvalue weighted by Gasteiger charge is -2.23. The van der Waals surface area contributed by atoms with Gasteiger partial charge in [0.2, 0.25) is 0 Å². The third kappa shape index (κ3) is 4.64. The fraction of sp³-hybridized carbons (Fsp3) is 0.217. The maximum atomic E-state index is 10.7. The van der Waals surface area contributed by atoms with E-state index in [-0.39, 0.29) is 36.0 Å². The van der Waals surface area contributed by atoms with E-state index in [4.69, 9.17) is 16.3 Å². The monoisotopic (exact) mass is 439 g/mol. The number of phenols is 1. The number of phenolic OH excluding ortho intramolecular Hbond substituents is 1. The third-order valence-corrected chi connectivity index (χ3v) is 5.76. The number of hydrogen-bond acceptors (Lipinski definition) is 6. The Morgan fingerprint density at radius 3 is 2.42 bits per heavy atom. The van der Waals surface area contributed by atoms with E-state index >= 15 is 0 Å². The second kappa shape index (κ2) is 8.93. The standard InChI is InChI=1S/C23H22ClN3O4/c1-14-22(16-4-6-17(24)7-5-16)23(26-25-14)20-11-10-19(12-21(20)28)31-13-15-2-8-18(9-3-15)27(29)30/h2-12,14,22-23,25-26,28H,13H2,1H3. The lowest BCUT2D eigenvalue weighted by atomic mass is 9.84. The van der Waals surface area contributed by atoms with Crippen molar-refractivity contribution in [2.24, 2.45) is 0 Å². The first-order chi connectivity index (χ1) is 14.9. The fourth-order valence-electron chi connectivity index (χ4n) is 3.88. The molecular weight excluding hydrogens is 418 g/mol. The minimum atomic E-state index is -0.439. The van der Waals surface area contributed by atoms with Crippen LogP contribution in [0.4, 0.5) is 5.69 Å². The van der Waals surface area contributed by atoms with Crippen LogP contribution in [0.25, 0.3) is 0 Å². The molecule has 0 spiro atoms. The average molecular weight is 440 g/mol. The second-order valence-corrected chi connectivity index (χ2v) is 8.00. The number of nitrogens with zero attached hydrogens (tertiary/aromatic N) is 1. The molecule has 160 valence electrons. The number of aromatic hydroxyl groups is 1. The van der Waals surface area contributed by atoms with E-state index in [2.05, 4.69) is 17.8 Å². The summed E-state index contributed by atoms with van der Waals surface area (Å²) in [4.78, 5) is 10.3. The number of ether oxygens (including phenoxy) is 1. The van der Waals surface area contributed by atoms with Crippen LogP contribution in [0.15, 0.2) is 66.7 Å². The maximum Gasteiger partial charge on any atom is 0.269 e. The SMILES string of the molecule is CC1NNC(c2ccc(OCc3ccc([N+](=O)[O-])cc3)cc2O)C1c1ccc(Cl)cc1. The van der Waals surface area contributed by atoms with Crippen molar-refractivity contribution in [3.05, 3.63) is 98.6 Å². The molecule has 0 radical (unpaired) electrons. The van der Waals surface area contributed by atoms with Crippen molar-refractivity contribution < 1.29 is 14.8 Å². The molecule has 0 aromatic heterocycles. The second-order valence-electron chi connectivity index (χ2n) is 7.57. The molecule has 0 amide bonds. The van der Waals surface area contributed by atoms with Gasteiger partial charge >= 0.3 is 0 Å². The zero-order valence-corrected chi connectivity index (χ0v) is 17.5. The predicted octanol–water partition coefficient (Wildman–Crippen LogP) is 4.85. The molecule has 1 saturated heterocycles. The van der Waals surface area contributed by atoms with Crippen molar-refractivity contribution >= 4 is 17.3 Å². The summed E-state index contributed by atoms with van der Waals surface area (Å²) in [6, 6.07) is 19.2. The molecule has 0 bridgehead atoms. The van der Waals surface area contributed by atoms with Gasteiger partial charge in [-0.3, -0.25) is 15.5 Å². The topological polar surface area (TPSA) is 96.7 Å². The van der Waals surface area contributed by atoms with Crippen LogP contribution in [0.5, 0.6) is 11.5 Å². The summed E-state index contributed by atoms with van der Waals surface area (Å²) in [6.07, 6.45) is 0. The Hall–Kier alpha value is -3.13. The zero-order chi connectivity index (χ0) is 22.0. The maximum absolute atomic E-state index is 10.7. The van der Waals surface area contributed by atoms with Crippen LogP contribution in [0.1, 0.15) is 35.6 Å². The molecule has 1 heterocycles. The summed E-state index contributed by atoms with van der Waals surface area (Å²) >= 11 is 6.03. The van der Waals surface area contributed by atoms with Crippen molar-refractivity contribution in [3.8, 4) is 11.5 Å². The number of hydrogen-bond donors (Lipinski definition) is 3. The largest absolute Gasteiger partial charge is 0.507 e. The molecule has 3 N–H and O–H groups in total. The van der Waals surface area contributed by atoms with Crippen LogP contribution in [-0.2, 0) is 6.61 Å². The Balaban J connectivity index is 1.48. The number of nitro groups is 1. The molecule has 3 aromatic rings. The van der Waals surface area contributed by atoms with Gasteiger partial charge in [-0.2, -0.15) is 0 Å². The smallest absolute Gasteiger partial charge is 0.269 e. The molecule has 1 aliphatic rings. The number of rotatable bonds is 6. The predicted molar refractivity (Wildman–Crippen MR) is 118 cm³/mol. The van der Waals surface area contributed by atoms with E-state index in [0.29, 0.717) is 10.8 Å². The van der Waals surface area contributed by atoms with Crippen LogP contribution in [-0.4, -0.2) is 16.1 Å². The van der Waals surface area contributed by atoms with Crippen LogP contribution in [0, 0.1) is 10.1 Å². The van der Waals surface area contributed by atoms with Crippen molar-refractivity contribution in [3.63, 3.8) is 0 Å². The number of hydrazine groups is 1. The Kier molecular flexibility index (Phi) is 6.08. The number of benzene rings is 3. The summed E-state index contributed by atoms with van der Waals surface area (Å²) in [5.74, 6) is 0.755. The van der Waals surface area contributed by atoms with E-state index < -0.39 is 4.92 Å². The molecule has 0 aliphatic carbocycles. The summed E-state index contributed by atoms with van der Waals surface area (Å²) in [6.45, 7) is 2.33. The van der Waals surface area contributed by atoms with Gasteiger partial charge in [-0.15, -0.1) is 0 Å². The normalized spacial score (nSPS) is 20.5. The van der Waals surface area contributed by atoms with Crippen LogP contribution in [0.2, 0.25) is 5.02 Å². The molecule has 3 aromatic carbocycles. The number of halogens is 1. The number of non-ortho nitro benzene ring substituents is 1. The minimum Gasteiger partial charge on any atom is -0.507 e. The highest BCUT2D eigenvalue weighted by Crippen LogP contribution is 2.41. The van der Waals surface area contributed by atoms with Crippen molar-refractivity contribution in [1.82, 2.24) is 10.9 Å². The molecule has 3 unspecified atom stereocenters. The molecule has 8 heteroatoms. The van der Waals surface area contributed by atoms with Gasteiger partial charge in [0, 0.05) is 40.7 Å². The van der Waals surface area contributed by atoms with Crippen LogP contribution in [0.3, 0.4) is 0 Å². The van der Waals surface area contributed by atoms with E-state index in [0.717, 1.165) is 16.7 Å². The lowest BCUT2D eigenvalue weighted by Crippen LogP contribution is -2.29. The molecule has 4 rings (SSSR count). The summed E-state index contributed by atoms with van der Waals surface area (Å²) in [5.41, 5.74) is 9.26. The Morgan fingerprint density at radius 1 is 1.06 bits per heavy atom. The van der Waals surface area contributed by atoms with Gasteiger partial charge in [-0.05, 0) is 48.4 Å². The lowest BCUT2D eigenvalue weighted by molar-refractivity contribution is -0.384. The number of nitro benzene ring substituents is 1. The van der Waals surface area contributed by atoms with Gasteiger partial charge in [0.05, 0.1) is 11.0 Å². The van der Waals surface area contributed by atoms with Crippen LogP contribution >= 0.6 is 11.6 Å². The highest BCUT2D eigenvalue weighted by molar-refractivity contribution is 6.30. The van der Waals surface area contributed by atoms with Gasteiger partial charge in [-0.25, -0.2) is 5.43 Å². The first-order valence-corrected chi connectivity index (χ1v) is 10.3. The van der Waals surface area contributed by atoms with Crippen LogP contribution < -0.4 is 15.6 Å². The summed E-state index contributed by atoms with van der Waals surface area (Å²) in [7, 11) is 0. The molecule has 0 saturated carbocycles. The molecule has 1 aliphatic heterocycles. The van der Waals surface area contributed by atoms with E-state index in [1.54, 1.807) is 18.2 Å². The Labute approximate surface area is 184 Å². The third-order valence-electron chi connectivity index (χ3n) is 5.51. The van der Waals surface area contributed by atoms with Gasteiger partial charge < -0.3 is 9.84 Å². The van der Waals surface area contributed by atoms with Gasteiger partial charge in [0.15, 0.2) is 0 Å². The molecule has 31 heavy (non-hydrogen) atoms. The minimum absolute atomic E-state index is 0.0351. The Morgan fingerprint density at radius 2 is 1.77 bits per heavy atom. The highest BCUT2D eigenvalue weighted by Gasteiger charge is 2.36. The first kappa shape index (κ1) is 21.1. The quantitative estimate of drug-likeness (QED) is 0.375. The molecule has 7 nitrogen and oxygen atoms in total. The van der Waals surface area contributed by atoms with Crippen molar-refractivity contribution in [2.45, 2.75) is 31.5 Å². The Bertz CT molecular complexity index is 1070. The molecular formula is C23H22ClN3O4. The molecule has 3 atom stereocenters. The van der Waals surface area contributed by atoms with Gasteiger partial charge in [0.25, 0.3) is 5.69 Å². The highest BCUT2D eigenvalue weighted by atomic mass is 35.5. The summed E-state index contributed by atoms with van der Waals surface area (Å²) in [5, 5.41) is 22.1. The molecule has 1 fully saturated rings. The first-order valence-electron chi connectivity index (χ1n) is 9.88. The van der Waals surface area contributed by atoms with Crippen molar-refractivity contribution in [1.29, 1.82) is 0 Å². The van der Waals surface area contributed by atoms with Gasteiger partial charge in [0.1, 0.15) is 18.1 Å². The average Bonchev–Trinajstić information content (AvgIpc) is 3.14.